The van der Waals surface area contributed by atoms with Crippen molar-refractivity contribution in [1.29, 1.82) is 0 Å². The van der Waals surface area contributed by atoms with E-state index in [9.17, 15) is 4.79 Å². The number of rotatable bonds is 6. The van der Waals surface area contributed by atoms with Crippen LogP contribution in [-0.4, -0.2) is 30.3 Å². The summed E-state index contributed by atoms with van der Waals surface area (Å²) in [7, 11) is 0. The van der Waals surface area contributed by atoms with Crippen LogP contribution < -0.4 is 5.32 Å². The first-order valence-corrected chi connectivity index (χ1v) is 6.23. The summed E-state index contributed by atoms with van der Waals surface area (Å²) in [5, 5.41) is 12.6. The zero-order valence-corrected chi connectivity index (χ0v) is 11.5. The third-order valence-electron chi connectivity index (χ3n) is 2.20. The Morgan fingerprint density at radius 1 is 1.50 bits per heavy atom. The van der Waals surface area contributed by atoms with Crippen LogP contribution in [-0.2, 0) is 16.1 Å². The first-order chi connectivity index (χ1) is 8.50. The maximum absolute atomic E-state index is 11.0. The van der Waals surface area contributed by atoms with Gasteiger partial charge in [-0.15, -0.1) is 0 Å². The highest BCUT2D eigenvalue weighted by Crippen LogP contribution is 2.21. The number of hydrogen-bond donors (Lipinski definition) is 2. The molecule has 1 aromatic carbocycles. The molecular weight excluding hydrogens is 277 g/mol. The molecule has 0 fully saturated rings. The molecule has 0 aliphatic heterocycles. The van der Waals surface area contributed by atoms with Gasteiger partial charge in [0.2, 0.25) is 5.91 Å². The van der Waals surface area contributed by atoms with E-state index in [-0.39, 0.29) is 0 Å². The van der Waals surface area contributed by atoms with Crippen molar-refractivity contribution in [2.75, 3.05) is 13.2 Å². The molecule has 0 saturated carbocycles. The molecule has 1 aromatic rings. The molecule has 18 heavy (non-hydrogen) atoms. The van der Waals surface area contributed by atoms with Gasteiger partial charge in [0.25, 0.3) is 0 Å². The van der Waals surface area contributed by atoms with Crippen molar-refractivity contribution in [2.24, 2.45) is 0 Å². The number of carbonyl (C=O) groups is 1. The van der Waals surface area contributed by atoms with Crippen molar-refractivity contribution in [3.05, 3.63) is 33.8 Å². The van der Waals surface area contributed by atoms with Crippen LogP contribution in [0.3, 0.4) is 0 Å². The first-order valence-electron chi connectivity index (χ1n) is 5.48. The van der Waals surface area contributed by atoms with E-state index in [4.69, 9.17) is 33.0 Å². The molecule has 0 aliphatic carbocycles. The maximum Gasteiger partial charge on any atom is 0.248 e. The molecule has 1 amide bonds. The standard InChI is InChI=1S/C12H15Cl2NO3/c1-8(16)12(17)15-4-5-18-7-9-2-3-10(13)6-11(9)14/h2-3,6,8,16H,4-5,7H2,1H3,(H,15,17). The van der Waals surface area contributed by atoms with Gasteiger partial charge < -0.3 is 15.2 Å². The molecule has 0 bridgehead atoms. The molecule has 0 aromatic heterocycles. The van der Waals surface area contributed by atoms with E-state index in [1.54, 1.807) is 18.2 Å². The van der Waals surface area contributed by atoms with Crippen LogP contribution in [0.4, 0.5) is 0 Å². The third-order valence-corrected chi connectivity index (χ3v) is 2.78. The van der Waals surface area contributed by atoms with Crippen LogP contribution in [0.25, 0.3) is 0 Å². The molecule has 6 heteroatoms. The van der Waals surface area contributed by atoms with Crippen LogP contribution in [0.5, 0.6) is 0 Å². The normalized spacial score (nSPS) is 12.2. The lowest BCUT2D eigenvalue weighted by Gasteiger charge is -2.08. The second-order valence-electron chi connectivity index (χ2n) is 3.76. The van der Waals surface area contributed by atoms with Crippen molar-refractivity contribution in [3.8, 4) is 0 Å². The molecule has 0 radical (unpaired) electrons. The number of ether oxygens (including phenoxy) is 1. The topological polar surface area (TPSA) is 58.6 Å². The molecule has 4 nitrogen and oxygen atoms in total. The highest BCUT2D eigenvalue weighted by molar-refractivity contribution is 6.35. The molecule has 0 aliphatic rings. The smallest absolute Gasteiger partial charge is 0.248 e. The molecule has 1 unspecified atom stereocenters. The van der Waals surface area contributed by atoms with Gasteiger partial charge in [-0.1, -0.05) is 29.3 Å². The predicted molar refractivity (Wildman–Crippen MR) is 70.8 cm³/mol. The maximum atomic E-state index is 11.0. The number of nitrogens with one attached hydrogen (secondary N) is 1. The van der Waals surface area contributed by atoms with Crippen molar-refractivity contribution in [3.63, 3.8) is 0 Å². The second kappa shape index (κ2) is 7.59. The molecular formula is C12H15Cl2NO3. The molecule has 100 valence electrons. The van der Waals surface area contributed by atoms with Crippen molar-refractivity contribution in [1.82, 2.24) is 5.32 Å². The van der Waals surface area contributed by atoms with Gasteiger partial charge in [0.05, 0.1) is 13.2 Å². The number of benzene rings is 1. The summed E-state index contributed by atoms with van der Waals surface area (Å²) < 4.78 is 5.35. The van der Waals surface area contributed by atoms with Gasteiger partial charge in [0.1, 0.15) is 6.10 Å². The lowest BCUT2D eigenvalue weighted by molar-refractivity contribution is -0.128. The summed E-state index contributed by atoms with van der Waals surface area (Å²) in [4.78, 5) is 11.0. The fraction of sp³-hybridized carbons (Fsp3) is 0.417. The Morgan fingerprint density at radius 2 is 2.22 bits per heavy atom. The zero-order valence-electron chi connectivity index (χ0n) is 9.95. The first kappa shape index (κ1) is 15.2. The Kier molecular flexibility index (Phi) is 6.43. The molecule has 2 N–H and O–H groups in total. The number of carbonyl (C=O) groups excluding carboxylic acids is 1. The van der Waals surface area contributed by atoms with Crippen LogP contribution in [0.2, 0.25) is 10.0 Å². The highest BCUT2D eigenvalue weighted by Gasteiger charge is 2.07. The summed E-state index contributed by atoms with van der Waals surface area (Å²) in [6.45, 7) is 2.44. The summed E-state index contributed by atoms with van der Waals surface area (Å²) in [5.41, 5.74) is 0.836. The molecule has 0 spiro atoms. The quantitative estimate of drug-likeness (QED) is 0.789. The number of aliphatic hydroxyl groups is 1. The Morgan fingerprint density at radius 3 is 2.83 bits per heavy atom. The van der Waals surface area contributed by atoms with Gasteiger partial charge >= 0.3 is 0 Å². The lowest BCUT2D eigenvalue weighted by Crippen LogP contribution is -2.34. The Labute approximate surface area is 116 Å². The molecule has 0 saturated heterocycles. The molecule has 1 rings (SSSR count). The van der Waals surface area contributed by atoms with Gasteiger partial charge in [-0.05, 0) is 24.6 Å². The predicted octanol–water partition coefficient (Wildman–Crippen LogP) is 2.01. The van der Waals surface area contributed by atoms with E-state index in [0.29, 0.717) is 29.8 Å². The van der Waals surface area contributed by atoms with E-state index in [1.165, 1.54) is 6.92 Å². The van der Waals surface area contributed by atoms with E-state index < -0.39 is 12.0 Å². The summed E-state index contributed by atoms with van der Waals surface area (Å²) in [6, 6.07) is 5.18. The summed E-state index contributed by atoms with van der Waals surface area (Å²) >= 11 is 11.7. The SMILES string of the molecule is CC(O)C(=O)NCCOCc1ccc(Cl)cc1Cl. The second-order valence-corrected chi connectivity index (χ2v) is 4.60. The van der Waals surface area contributed by atoms with Crippen LogP contribution in [0.1, 0.15) is 12.5 Å². The zero-order chi connectivity index (χ0) is 13.5. The van der Waals surface area contributed by atoms with E-state index in [0.717, 1.165) is 5.56 Å². The van der Waals surface area contributed by atoms with E-state index >= 15 is 0 Å². The number of halogens is 2. The highest BCUT2D eigenvalue weighted by atomic mass is 35.5. The largest absolute Gasteiger partial charge is 0.384 e. The summed E-state index contributed by atoms with van der Waals surface area (Å²) in [6.07, 6.45) is -1.00. The van der Waals surface area contributed by atoms with Gasteiger partial charge in [-0.2, -0.15) is 0 Å². The van der Waals surface area contributed by atoms with Crippen molar-refractivity contribution >= 4 is 29.1 Å². The van der Waals surface area contributed by atoms with Crippen LogP contribution >= 0.6 is 23.2 Å². The lowest BCUT2D eigenvalue weighted by atomic mass is 10.2. The van der Waals surface area contributed by atoms with E-state index in [1.807, 2.05) is 0 Å². The van der Waals surface area contributed by atoms with Gasteiger partial charge in [-0.25, -0.2) is 0 Å². The molecule has 0 heterocycles. The van der Waals surface area contributed by atoms with Gasteiger partial charge in [0, 0.05) is 16.6 Å². The molecule has 1 atom stereocenters. The van der Waals surface area contributed by atoms with Gasteiger partial charge in [-0.3, -0.25) is 4.79 Å². The average molecular weight is 292 g/mol. The minimum absolute atomic E-state index is 0.342. The number of hydrogen-bond acceptors (Lipinski definition) is 3. The van der Waals surface area contributed by atoms with E-state index in [2.05, 4.69) is 5.32 Å². The van der Waals surface area contributed by atoms with Crippen molar-refractivity contribution < 1.29 is 14.6 Å². The number of amides is 1. The van der Waals surface area contributed by atoms with Crippen molar-refractivity contribution in [2.45, 2.75) is 19.6 Å². The fourth-order valence-corrected chi connectivity index (χ4v) is 1.68. The minimum atomic E-state index is -1.00. The Hall–Kier alpha value is -0.810. The fourth-order valence-electron chi connectivity index (χ4n) is 1.21. The number of aliphatic hydroxyl groups excluding tert-OH is 1. The van der Waals surface area contributed by atoms with Crippen LogP contribution in [0.15, 0.2) is 18.2 Å². The monoisotopic (exact) mass is 291 g/mol. The Bertz CT molecular complexity index is 410. The summed E-state index contributed by atoms with van der Waals surface area (Å²) in [5.74, 6) is -0.414. The van der Waals surface area contributed by atoms with Crippen LogP contribution in [0, 0.1) is 0 Å². The van der Waals surface area contributed by atoms with Gasteiger partial charge in [0.15, 0.2) is 0 Å². The minimum Gasteiger partial charge on any atom is -0.384 e. The average Bonchev–Trinajstić information content (AvgIpc) is 2.30. The Balaban J connectivity index is 2.24. The third kappa shape index (κ3) is 5.23.